The van der Waals surface area contributed by atoms with Crippen LogP contribution in [0.25, 0.3) is 0 Å². The number of nitrogens with one attached hydrogen (secondary N) is 1. The summed E-state index contributed by atoms with van der Waals surface area (Å²) in [5, 5.41) is 21.2. The molecule has 6 heteroatoms. The second-order valence-corrected chi connectivity index (χ2v) is 4.88. The lowest BCUT2D eigenvalue weighted by atomic mass is 10.1. The first kappa shape index (κ1) is 14.9. The Morgan fingerprint density at radius 1 is 1.14 bits per heavy atom. The maximum atomic E-state index is 12.1. The van der Waals surface area contributed by atoms with Crippen molar-refractivity contribution in [1.29, 1.82) is 0 Å². The molecule has 21 heavy (non-hydrogen) atoms. The second kappa shape index (κ2) is 5.85. The number of hydrogen-bond acceptors (Lipinski definition) is 3. The Morgan fingerprint density at radius 3 is 2.43 bits per heavy atom. The molecular weight excluding hydrogens is 294 g/mol. The molecule has 0 unspecified atom stereocenters. The molecule has 0 bridgehead atoms. The van der Waals surface area contributed by atoms with Crippen LogP contribution in [0.15, 0.2) is 36.4 Å². The molecule has 5 nitrogen and oxygen atoms in total. The van der Waals surface area contributed by atoms with Crippen molar-refractivity contribution in [2.75, 3.05) is 5.32 Å². The third kappa shape index (κ3) is 3.32. The lowest BCUT2D eigenvalue weighted by Gasteiger charge is -2.09. The van der Waals surface area contributed by atoms with Crippen molar-refractivity contribution < 1.29 is 19.8 Å². The first-order valence-electron chi connectivity index (χ1n) is 6.02. The zero-order valence-corrected chi connectivity index (χ0v) is 11.8. The van der Waals surface area contributed by atoms with Crippen LogP contribution in [0.5, 0.6) is 5.75 Å². The van der Waals surface area contributed by atoms with Crippen molar-refractivity contribution in [3.05, 3.63) is 58.1 Å². The molecule has 0 radical (unpaired) electrons. The van der Waals surface area contributed by atoms with Gasteiger partial charge in [-0.1, -0.05) is 17.7 Å². The molecule has 0 aliphatic rings. The van der Waals surface area contributed by atoms with Gasteiger partial charge in [0.25, 0.3) is 5.91 Å². The lowest BCUT2D eigenvalue weighted by molar-refractivity contribution is 0.0696. The minimum atomic E-state index is -1.11. The number of benzene rings is 2. The highest BCUT2D eigenvalue weighted by Crippen LogP contribution is 2.25. The van der Waals surface area contributed by atoms with Crippen molar-refractivity contribution >= 4 is 29.2 Å². The molecule has 0 aliphatic carbocycles. The molecule has 2 aromatic rings. The van der Waals surface area contributed by atoms with Gasteiger partial charge in [-0.2, -0.15) is 0 Å². The minimum absolute atomic E-state index is 0.0242. The Hall–Kier alpha value is -2.53. The molecule has 0 aromatic heterocycles. The monoisotopic (exact) mass is 305 g/mol. The molecule has 1 amide bonds. The third-order valence-electron chi connectivity index (χ3n) is 2.86. The molecule has 0 saturated carbocycles. The minimum Gasteiger partial charge on any atom is -0.507 e. The van der Waals surface area contributed by atoms with E-state index in [0.29, 0.717) is 0 Å². The van der Waals surface area contributed by atoms with Crippen molar-refractivity contribution in [3.8, 4) is 5.75 Å². The van der Waals surface area contributed by atoms with E-state index in [4.69, 9.17) is 16.7 Å². The van der Waals surface area contributed by atoms with Gasteiger partial charge in [0.15, 0.2) is 0 Å². The number of carboxylic acids is 1. The smallest absolute Gasteiger partial charge is 0.335 e. The maximum absolute atomic E-state index is 12.1. The Kier molecular flexibility index (Phi) is 4.14. The van der Waals surface area contributed by atoms with Crippen LogP contribution in [-0.4, -0.2) is 22.1 Å². The van der Waals surface area contributed by atoms with E-state index in [0.717, 1.165) is 5.56 Å². The van der Waals surface area contributed by atoms with Crippen LogP contribution >= 0.6 is 11.6 Å². The van der Waals surface area contributed by atoms with E-state index in [9.17, 15) is 14.7 Å². The highest BCUT2D eigenvalue weighted by molar-refractivity contribution is 6.34. The number of carboxylic acid groups (broad SMARTS) is 1. The molecular formula is C15H12ClNO4. The van der Waals surface area contributed by atoms with Crippen LogP contribution in [0.1, 0.15) is 26.3 Å². The number of hydrogen-bond donors (Lipinski definition) is 3. The van der Waals surface area contributed by atoms with Gasteiger partial charge >= 0.3 is 5.97 Å². The number of rotatable bonds is 3. The molecule has 108 valence electrons. The number of anilines is 1. The van der Waals surface area contributed by atoms with Gasteiger partial charge in [0.2, 0.25) is 0 Å². The van der Waals surface area contributed by atoms with E-state index in [1.165, 1.54) is 30.3 Å². The molecule has 2 aromatic carbocycles. The van der Waals surface area contributed by atoms with E-state index in [-0.39, 0.29) is 27.6 Å². The second-order valence-electron chi connectivity index (χ2n) is 4.47. The van der Waals surface area contributed by atoms with E-state index in [2.05, 4.69) is 5.32 Å². The standard InChI is InChI=1S/C15H12ClNO4/c1-8-2-4-10(13(18)6-8)14(19)17-12-5-3-9(15(20)21)7-11(12)16/h2-7,18H,1H3,(H,17,19)(H,20,21). The molecule has 0 atom stereocenters. The highest BCUT2D eigenvalue weighted by atomic mass is 35.5. The first-order valence-corrected chi connectivity index (χ1v) is 6.40. The van der Waals surface area contributed by atoms with Crippen LogP contribution in [0.2, 0.25) is 5.02 Å². The predicted molar refractivity (Wildman–Crippen MR) is 79.2 cm³/mol. The first-order chi connectivity index (χ1) is 9.88. The molecule has 0 spiro atoms. The fourth-order valence-corrected chi connectivity index (χ4v) is 2.00. The normalized spacial score (nSPS) is 10.2. The topological polar surface area (TPSA) is 86.6 Å². The number of halogens is 1. The van der Waals surface area contributed by atoms with E-state index < -0.39 is 11.9 Å². The summed E-state index contributed by atoms with van der Waals surface area (Å²) in [6, 6.07) is 8.65. The van der Waals surface area contributed by atoms with Crippen molar-refractivity contribution in [1.82, 2.24) is 0 Å². The van der Waals surface area contributed by atoms with Crippen molar-refractivity contribution in [2.24, 2.45) is 0 Å². The van der Waals surface area contributed by atoms with Gasteiger partial charge in [-0.15, -0.1) is 0 Å². The molecule has 3 N–H and O–H groups in total. The molecule has 0 saturated heterocycles. The summed E-state index contributed by atoms with van der Waals surface area (Å²) >= 11 is 5.93. The maximum Gasteiger partial charge on any atom is 0.335 e. The van der Waals surface area contributed by atoms with Crippen LogP contribution in [-0.2, 0) is 0 Å². The molecule has 0 heterocycles. The summed E-state index contributed by atoms with van der Waals surface area (Å²) in [6.45, 7) is 1.79. The van der Waals surface area contributed by atoms with Gasteiger partial charge < -0.3 is 15.5 Å². The van der Waals surface area contributed by atoms with Crippen LogP contribution < -0.4 is 5.32 Å². The number of amides is 1. The Morgan fingerprint density at radius 2 is 1.86 bits per heavy atom. The number of carbonyl (C=O) groups excluding carboxylic acids is 1. The Labute approximate surface area is 125 Å². The number of aromatic carboxylic acids is 1. The van der Waals surface area contributed by atoms with Gasteiger partial charge in [0, 0.05) is 0 Å². The summed E-state index contributed by atoms with van der Waals surface area (Å²) in [6.07, 6.45) is 0. The zero-order chi connectivity index (χ0) is 15.6. The van der Waals surface area contributed by atoms with E-state index in [1.54, 1.807) is 13.0 Å². The number of aromatic hydroxyl groups is 1. The molecule has 0 fully saturated rings. The average molecular weight is 306 g/mol. The fourth-order valence-electron chi connectivity index (χ4n) is 1.77. The van der Waals surface area contributed by atoms with Crippen LogP contribution in [0.3, 0.4) is 0 Å². The van der Waals surface area contributed by atoms with Crippen LogP contribution in [0.4, 0.5) is 5.69 Å². The quantitative estimate of drug-likeness (QED) is 0.812. The summed E-state index contributed by atoms with van der Waals surface area (Å²) in [4.78, 5) is 22.9. The average Bonchev–Trinajstić information content (AvgIpc) is 2.40. The van der Waals surface area contributed by atoms with E-state index in [1.807, 2.05) is 0 Å². The van der Waals surface area contributed by atoms with Gasteiger partial charge in [0.1, 0.15) is 5.75 Å². The van der Waals surface area contributed by atoms with Crippen LogP contribution in [0, 0.1) is 6.92 Å². The van der Waals surface area contributed by atoms with Gasteiger partial charge in [-0.3, -0.25) is 4.79 Å². The summed E-state index contributed by atoms with van der Waals surface area (Å²) in [7, 11) is 0. The predicted octanol–water partition coefficient (Wildman–Crippen LogP) is 3.30. The highest BCUT2D eigenvalue weighted by Gasteiger charge is 2.14. The van der Waals surface area contributed by atoms with Gasteiger partial charge in [0.05, 0.1) is 21.8 Å². The fraction of sp³-hybridized carbons (Fsp3) is 0.0667. The van der Waals surface area contributed by atoms with Gasteiger partial charge in [-0.25, -0.2) is 4.79 Å². The van der Waals surface area contributed by atoms with Crippen molar-refractivity contribution in [2.45, 2.75) is 6.92 Å². The largest absolute Gasteiger partial charge is 0.507 e. The van der Waals surface area contributed by atoms with Gasteiger partial charge in [-0.05, 0) is 42.8 Å². The summed E-state index contributed by atoms with van der Waals surface area (Å²) in [5.41, 5.74) is 1.23. The molecule has 0 aliphatic heterocycles. The lowest BCUT2D eigenvalue weighted by Crippen LogP contribution is -2.12. The summed E-state index contributed by atoms with van der Waals surface area (Å²) < 4.78 is 0. The number of phenolic OH excluding ortho intramolecular Hbond substituents is 1. The van der Waals surface area contributed by atoms with E-state index >= 15 is 0 Å². The number of carbonyl (C=O) groups is 2. The Bertz CT molecular complexity index is 728. The summed E-state index contributed by atoms with van der Waals surface area (Å²) in [5.74, 6) is -1.77. The number of phenols is 1. The van der Waals surface area contributed by atoms with Crippen molar-refractivity contribution in [3.63, 3.8) is 0 Å². The Balaban J connectivity index is 2.25. The SMILES string of the molecule is Cc1ccc(C(=O)Nc2ccc(C(=O)O)cc2Cl)c(O)c1. The third-order valence-corrected chi connectivity index (χ3v) is 3.17. The zero-order valence-electron chi connectivity index (χ0n) is 11.1. The molecule has 2 rings (SSSR count). The number of aryl methyl sites for hydroxylation is 1.